The van der Waals surface area contributed by atoms with Gasteiger partial charge in [0.15, 0.2) is 0 Å². The zero-order valence-corrected chi connectivity index (χ0v) is 12.6. The summed E-state index contributed by atoms with van der Waals surface area (Å²) in [4.78, 5) is 27.3. The van der Waals surface area contributed by atoms with Crippen LogP contribution in [0.5, 0.6) is 0 Å². The van der Waals surface area contributed by atoms with Crippen LogP contribution in [0.15, 0.2) is 0 Å². The lowest BCUT2D eigenvalue weighted by atomic mass is 9.84. The molecule has 2 saturated heterocycles. The van der Waals surface area contributed by atoms with Crippen molar-refractivity contribution in [3.63, 3.8) is 0 Å². The fraction of sp³-hybridized carbons (Fsp3) is 0.857. The van der Waals surface area contributed by atoms with Crippen LogP contribution in [-0.2, 0) is 9.53 Å². The third-order valence-corrected chi connectivity index (χ3v) is 4.58. The Labute approximate surface area is 125 Å². The smallest absolute Gasteiger partial charge is 0.317 e. The van der Waals surface area contributed by atoms with Crippen molar-refractivity contribution in [1.29, 1.82) is 0 Å². The van der Waals surface area contributed by atoms with E-state index in [1.165, 1.54) is 0 Å². The maximum Gasteiger partial charge on any atom is 0.317 e. The SMILES string of the molecule is CCC1(C(=O)O)CCN(C(=O)NCCN2CCOCC2)C1. The minimum absolute atomic E-state index is 0.153. The van der Waals surface area contributed by atoms with E-state index in [9.17, 15) is 14.7 Å². The number of hydrogen-bond donors (Lipinski definition) is 2. The Balaban J connectivity index is 1.73. The summed E-state index contributed by atoms with van der Waals surface area (Å²) in [7, 11) is 0. The largest absolute Gasteiger partial charge is 0.481 e. The quantitative estimate of drug-likeness (QED) is 0.758. The molecule has 7 heteroatoms. The molecular formula is C14H25N3O4. The second-order valence-corrected chi connectivity index (χ2v) is 5.80. The number of urea groups is 1. The minimum Gasteiger partial charge on any atom is -0.481 e. The average Bonchev–Trinajstić information content (AvgIpc) is 2.94. The van der Waals surface area contributed by atoms with E-state index in [2.05, 4.69) is 10.2 Å². The highest BCUT2D eigenvalue weighted by atomic mass is 16.5. The van der Waals surface area contributed by atoms with E-state index >= 15 is 0 Å². The van der Waals surface area contributed by atoms with Gasteiger partial charge in [-0.3, -0.25) is 9.69 Å². The predicted molar refractivity (Wildman–Crippen MR) is 77.2 cm³/mol. The van der Waals surface area contributed by atoms with Crippen LogP contribution in [0.25, 0.3) is 0 Å². The van der Waals surface area contributed by atoms with Gasteiger partial charge in [-0.25, -0.2) is 4.79 Å². The van der Waals surface area contributed by atoms with Crippen LogP contribution >= 0.6 is 0 Å². The highest BCUT2D eigenvalue weighted by Crippen LogP contribution is 2.34. The fourth-order valence-electron chi connectivity index (χ4n) is 2.92. The molecule has 0 aliphatic carbocycles. The van der Waals surface area contributed by atoms with Crippen LogP contribution < -0.4 is 5.32 Å². The summed E-state index contributed by atoms with van der Waals surface area (Å²) in [5, 5.41) is 12.2. The van der Waals surface area contributed by atoms with Crippen molar-refractivity contribution < 1.29 is 19.4 Å². The van der Waals surface area contributed by atoms with Crippen LogP contribution in [0.1, 0.15) is 19.8 Å². The molecule has 2 rings (SSSR count). The third kappa shape index (κ3) is 3.85. The molecule has 0 saturated carbocycles. The molecule has 1 unspecified atom stereocenters. The predicted octanol–water partition coefficient (Wildman–Crippen LogP) is 0.215. The number of aliphatic carboxylic acids is 1. The number of hydrogen-bond acceptors (Lipinski definition) is 4. The van der Waals surface area contributed by atoms with Crippen molar-refractivity contribution in [1.82, 2.24) is 15.1 Å². The standard InChI is InChI=1S/C14H25N3O4/c1-2-14(12(18)19)3-5-17(11-14)13(20)15-4-6-16-7-9-21-10-8-16/h2-11H2,1H3,(H,15,20)(H,18,19). The average molecular weight is 299 g/mol. The van der Waals surface area contributed by atoms with Crippen molar-refractivity contribution in [3.05, 3.63) is 0 Å². The molecule has 7 nitrogen and oxygen atoms in total. The maximum absolute atomic E-state index is 12.1. The molecule has 0 aromatic rings. The van der Waals surface area contributed by atoms with Crippen LogP contribution in [0.2, 0.25) is 0 Å². The first-order valence-corrected chi connectivity index (χ1v) is 7.64. The zero-order valence-electron chi connectivity index (χ0n) is 12.6. The van der Waals surface area contributed by atoms with Crippen LogP contribution in [-0.4, -0.2) is 79.4 Å². The molecule has 2 aliphatic rings. The van der Waals surface area contributed by atoms with Crippen molar-refractivity contribution >= 4 is 12.0 Å². The number of amides is 2. The molecule has 2 aliphatic heterocycles. The van der Waals surface area contributed by atoms with Gasteiger partial charge in [-0.1, -0.05) is 6.92 Å². The highest BCUT2D eigenvalue weighted by Gasteiger charge is 2.44. The van der Waals surface area contributed by atoms with Gasteiger partial charge in [0.05, 0.1) is 18.6 Å². The number of morpholine rings is 1. The molecule has 0 aromatic heterocycles. The molecule has 0 aromatic carbocycles. The Hall–Kier alpha value is -1.34. The summed E-state index contributed by atoms with van der Waals surface area (Å²) in [5.74, 6) is -0.798. The van der Waals surface area contributed by atoms with Gasteiger partial charge in [-0.2, -0.15) is 0 Å². The van der Waals surface area contributed by atoms with E-state index in [1.807, 2.05) is 6.92 Å². The molecule has 2 amide bonds. The molecule has 120 valence electrons. The second-order valence-electron chi connectivity index (χ2n) is 5.80. The van der Waals surface area contributed by atoms with Gasteiger partial charge in [-0.05, 0) is 12.8 Å². The van der Waals surface area contributed by atoms with Gasteiger partial charge in [0, 0.05) is 39.3 Å². The van der Waals surface area contributed by atoms with Gasteiger partial charge >= 0.3 is 12.0 Å². The van der Waals surface area contributed by atoms with E-state index in [0.717, 1.165) is 32.8 Å². The number of rotatable bonds is 5. The number of nitrogens with one attached hydrogen (secondary N) is 1. The van der Waals surface area contributed by atoms with E-state index in [1.54, 1.807) is 4.90 Å². The number of carbonyl (C=O) groups is 2. The lowest BCUT2D eigenvalue weighted by Gasteiger charge is -2.27. The number of likely N-dealkylation sites (tertiary alicyclic amines) is 1. The number of ether oxygens (including phenoxy) is 1. The molecule has 0 radical (unpaired) electrons. The van der Waals surface area contributed by atoms with Crippen molar-refractivity contribution in [2.45, 2.75) is 19.8 Å². The van der Waals surface area contributed by atoms with Gasteiger partial charge in [0.25, 0.3) is 0 Å². The van der Waals surface area contributed by atoms with E-state index < -0.39 is 11.4 Å². The molecule has 1 atom stereocenters. The van der Waals surface area contributed by atoms with Gasteiger partial charge in [0.1, 0.15) is 0 Å². The zero-order chi connectivity index (χ0) is 15.3. The third-order valence-electron chi connectivity index (χ3n) is 4.58. The molecule has 2 N–H and O–H groups in total. The van der Waals surface area contributed by atoms with Crippen LogP contribution in [0.4, 0.5) is 4.79 Å². The molecule has 21 heavy (non-hydrogen) atoms. The number of carboxylic acid groups (broad SMARTS) is 1. The topological polar surface area (TPSA) is 82.1 Å². The lowest BCUT2D eigenvalue weighted by Crippen LogP contribution is -2.45. The molecule has 2 heterocycles. The first kappa shape index (κ1) is 16.0. The van der Waals surface area contributed by atoms with E-state index in [0.29, 0.717) is 32.5 Å². The summed E-state index contributed by atoms with van der Waals surface area (Å²) >= 11 is 0. The number of nitrogens with zero attached hydrogens (tertiary/aromatic N) is 2. The summed E-state index contributed by atoms with van der Waals surface area (Å²) in [6, 6.07) is -0.153. The van der Waals surface area contributed by atoms with E-state index in [4.69, 9.17) is 4.74 Å². The summed E-state index contributed by atoms with van der Waals surface area (Å²) < 4.78 is 5.27. The minimum atomic E-state index is -0.798. The molecule has 2 fully saturated rings. The molecule has 0 bridgehead atoms. The van der Waals surface area contributed by atoms with Crippen LogP contribution in [0.3, 0.4) is 0 Å². The van der Waals surface area contributed by atoms with Crippen LogP contribution in [0, 0.1) is 5.41 Å². The first-order valence-electron chi connectivity index (χ1n) is 7.64. The van der Waals surface area contributed by atoms with Gasteiger partial charge in [0.2, 0.25) is 0 Å². The van der Waals surface area contributed by atoms with Crippen molar-refractivity contribution in [3.8, 4) is 0 Å². The summed E-state index contributed by atoms with van der Waals surface area (Å²) in [5.41, 5.74) is -0.762. The van der Waals surface area contributed by atoms with Gasteiger partial charge in [-0.15, -0.1) is 0 Å². The van der Waals surface area contributed by atoms with Gasteiger partial charge < -0.3 is 20.1 Å². The first-order chi connectivity index (χ1) is 10.1. The van der Waals surface area contributed by atoms with E-state index in [-0.39, 0.29) is 6.03 Å². The second kappa shape index (κ2) is 7.09. The monoisotopic (exact) mass is 299 g/mol. The molecule has 0 spiro atoms. The fourth-order valence-corrected chi connectivity index (χ4v) is 2.92. The highest BCUT2D eigenvalue weighted by molar-refractivity contribution is 5.79. The summed E-state index contributed by atoms with van der Waals surface area (Å²) in [6.45, 7) is 7.38. The van der Waals surface area contributed by atoms with Crippen molar-refractivity contribution in [2.24, 2.45) is 5.41 Å². The molecular weight excluding hydrogens is 274 g/mol. The number of carboxylic acids is 1. The maximum atomic E-state index is 12.1. The number of carbonyl (C=O) groups excluding carboxylic acids is 1. The Morgan fingerprint density at radius 3 is 2.57 bits per heavy atom. The van der Waals surface area contributed by atoms with Crippen molar-refractivity contribution in [2.75, 3.05) is 52.5 Å². The Morgan fingerprint density at radius 1 is 1.29 bits per heavy atom. The Bertz CT molecular complexity index is 384. The Kier molecular flexibility index (Phi) is 5.41. The lowest BCUT2D eigenvalue weighted by molar-refractivity contribution is -0.148. The summed E-state index contributed by atoms with van der Waals surface area (Å²) in [6.07, 6.45) is 1.09. The Morgan fingerprint density at radius 2 is 2.00 bits per heavy atom. The normalized spacial score (nSPS) is 26.8.